The van der Waals surface area contributed by atoms with E-state index < -0.39 is 0 Å². The fourth-order valence-corrected chi connectivity index (χ4v) is 7.25. The van der Waals surface area contributed by atoms with Crippen LogP contribution in [0.5, 0.6) is 0 Å². The number of rotatable bonds is 4. The predicted octanol–water partition coefficient (Wildman–Crippen LogP) is 11.9. The molecule has 0 spiro atoms. The fraction of sp³-hybridized carbons (Fsp3) is 0. The van der Waals surface area contributed by atoms with Crippen LogP contribution in [0.25, 0.3) is 99.5 Å². The third-order valence-electron chi connectivity index (χ3n) is 9.51. The van der Waals surface area contributed by atoms with Crippen molar-refractivity contribution in [1.82, 2.24) is 15.0 Å². The van der Waals surface area contributed by atoms with Gasteiger partial charge in [-0.2, -0.15) is 0 Å². The van der Waals surface area contributed by atoms with E-state index in [1.807, 2.05) is 36.4 Å². The van der Waals surface area contributed by atoms with Crippen LogP contribution in [0.3, 0.4) is 0 Å². The number of fused-ring (bicyclic) bond motifs is 8. The standard InChI is InChI=1S/C45H27N3O/c1-3-13-28(14-4-1)32-25-26-36(35-20-10-9-19-34(32)35)44-46-43(30-16-5-2-6-17-30)47-45(48-44)38-27-31-24-23-29-15-7-8-18-33(29)40(31)42-41(38)37-21-11-12-22-39(37)49-42/h1-27H. The average molecular weight is 626 g/mol. The zero-order chi connectivity index (χ0) is 32.3. The maximum absolute atomic E-state index is 6.71. The molecule has 0 N–H and O–H groups in total. The van der Waals surface area contributed by atoms with Gasteiger partial charge in [0.25, 0.3) is 0 Å². The van der Waals surface area contributed by atoms with Crippen molar-refractivity contribution in [3.63, 3.8) is 0 Å². The normalized spacial score (nSPS) is 11.7. The van der Waals surface area contributed by atoms with Crippen LogP contribution in [0.1, 0.15) is 0 Å². The highest BCUT2D eigenvalue weighted by Crippen LogP contribution is 2.43. The number of benzene rings is 8. The van der Waals surface area contributed by atoms with Gasteiger partial charge in [0.05, 0.1) is 0 Å². The molecular formula is C45H27N3O. The Labute approximate surface area is 282 Å². The molecule has 0 aliphatic carbocycles. The minimum absolute atomic E-state index is 0.603. The molecule has 0 fully saturated rings. The molecule has 10 rings (SSSR count). The van der Waals surface area contributed by atoms with E-state index in [2.05, 4.69) is 127 Å². The van der Waals surface area contributed by atoms with E-state index in [4.69, 9.17) is 19.4 Å². The maximum atomic E-state index is 6.71. The molecule has 4 nitrogen and oxygen atoms in total. The molecule has 0 saturated heterocycles. The Morgan fingerprint density at radius 3 is 1.67 bits per heavy atom. The summed E-state index contributed by atoms with van der Waals surface area (Å²) in [6.07, 6.45) is 0. The van der Waals surface area contributed by atoms with Crippen molar-refractivity contribution in [2.24, 2.45) is 0 Å². The fourth-order valence-electron chi connectivity index (χ4n) is 7.25. The molecule has 0 aliphatic rings. The van der Waals surface area contributed by atoms with Crippen LogP contribution in [0.2, 0.25) is 0 Å². The van der Waals surface area contributed by atoms with E-state index in [9.17, 15) is 0 Å². The Kier molecular flexibility index (Phi) is 6.15. The Morgan fingerprint density at radius 1 is 0.347 bits per heavy atom. The van der Waals surface area contributed by atoms with Crippen molar-refractivity contribution in [3.05, 3.63) is 164 Å². The van der Waals surface area contributed by atoms with Crippen LogP contribution in [0, 0.1) is 0 Å². The number of hydrogen-bond acceptors (Lipinski definition) is 4. The zero-order valence-corrected chi connectivity index (χ0v) is 26.3. The summed E-state index contributed by atoms with van der Waals surface area (Å²) in [6, 6.07) is 56.8. The lowest BCUT2D eigenvalue weighted by Gasteiger charge is -2.14. The van der Waals surface area contributed by atoms with Crippen LogP contribution in [-0.2, 0) is 0 Å². The van der Waals surface area contributed by atoms with Crippen LogP contribution in [0.15, 0.2) is 168 Å². The molecule has 0 radical (unpaired) electrons. The quantitative estimate of drug-likeness (QED) is 0.183. The molecule has 0 saturated carbocycles. The van der Waals surface area contributed by atoms with E-state index >= 15 is 0 Å². The van der Waals surface area contributed by atoms with Crippen LogP contribution < -0.4 is 0 Å². The molecule has 0 bridgehead atoms. The highest BCUT2D eigenvalue weighted by atomic mass is 16.3. The van der Waals surface area contributed by atoms with Crippen molar-refractivity contribution in [2.75, 3.05) is 0 Å². The molecule has 0 atom stereocenters. The summed E-state index contributed by atoms with van der Waals surface area (Å²) in [6.45, 7) is 0. The summed E-state index contributed by atoms with van der Waals surface area (Å²) < 4.78 is 6.71. The summed E-state index contributed by atoms with van der Waals surface area (Å²) in [5.74, 6) is 1.85. The summed E-state index contributed by atoms with van der Waals surface area (Å²) in [7, 11) is 0. The zero-order valence-electron chi connectivity index (χ0n) is 26.3. The molecule has 0 unspecified atom stereocenters. The number of aromatic nitrogens is 3. The third-order valence-corrected chi connectivity index (χ3v) is 9.51. The molecular weight excluding hydrogens is 599 g/mol. The number of furan rings is 1. The summed E-state index contributed by atoms with van der Waals surface area (Å²) in [5.41, 5.74) is 6.81. The van der Waals surface area contributed by atoms with Gasteiger partial charge in [-0.3, -0.25) is 0 Å². The number of para-hydroxylation sites is 1. The lowest BCUT2D eigenvalue weighted by atomic mass is 9.94. The monoisotopic (exact) mass is 625 g/mol. The molecule has 2 aromatic heterocycles. The highest BCUT2D eigenvalue weighted by molar-refractivity contribution is 6.26. The van der Waals surface area contributed by atoms with Gasteiger partial charge in [-0.15, -0.1) is 0 Å². The number of nitrogens with zero attached hydrogens (tertiary/aromatic N) is 3. The molecule has 0 aliphatic heterocycles. The third kappa shape index (κ3) is 4.42. The van der Waals surface area contributed by atoms with Gasteiger partial charge < -0.3 is 4.42 Å². The summed E-state index contributed by atoms with van der Waals surface area (Å²) in [4.78, 5) is 15.6. The Morgan fingerprint density at radius 2 is 0.898 bits per heavy atom. The van der Waals surface area contributed by atoms with Gasteiger partial charge in [0.1, 0.15) is 11.2 Å². The van der Waals surface area contributed by atoms with E-state index in [1.165, 1.54) is 16.5 Å². The van der Waals surface area contributed by atoms with E-state index in [0.717, 1.165) is 65.6 Å². The summed E-state index contributed by atoms with van der Waals surface area (Å²) in [5, 5.41) is 8.75. The molecule has 0 amide bonds. The lowest BCUT2D eigenvalue weighted by molar-refractivity contribution is 0.673. The lowest BCUT2D eigenvalue weighted by Crippen LogP contribution is -2.01. The van der Waals surface area contributed by atoms with E-state index in [0.29, 0.717) is 17.5 Å². The van der Waals surface area contributed by atoms with Gasteiger partial charge in [0, 0.05) is 32.8 Å². The second-order valence-electron chi connectivity index (χ2n) is 12.4. The smallest absolute Gasteiger partial charge is 0.164 e. The minimum Gasteiger partial charge on any atom is -0.455 e. The molecule has 8 aromatic carbocycles. The molecule has 228 valence electrons. The van der Waals surface area contributed by atoms with Crippen molar-refractivity contribution in [3.8, 4) is 45.3 Å². The molecule has 2 heterocycles. The van der Waals surface area contributed by atoms with E-state index in [1.54, 1.807) is 0 Å². The second kappa shape index (κ2) is 11.0. The first-order chi connectivity index (χ1) is 24.3. The Balaban J connectivity index is 1.30. The van der Waals surface area contributed by atoms with Gasteiger partial charge in [-0.05, 0) is 56.3 Å². The molecule has 49 heavy (non-hydrogen) atoms. The topological polar surface area (TPSA) is 51.8 Å². The molecule has 4 heteroatoms. The predicted molar refractivity (Wildman–Crippen MR) is 201 cm³/mol. The van der Waals surface area contributed by atoms with Crippen molar-refractivity contribution in [1.29, 1.82) is 0 Å². The first kappa shape index (κ1) is 27.5. The van der Waals surface area contributed by atoms with Crippen molar-refractivity contribution >= 4 is 54.3 Å². The molecule has 10 aromatic rings. The first-order valence-corrected chi connectivity index (χ1v) is 16.5. The second-order valence-corrected chi connectivity index (χ2v) is 12.4. The first-order valence-electron chi connectivity index (χ1n) is 16.5. The van der Waals surface area contributed by atoms with Crippen molar-refractivity contribution in [2.45, 2.75) is 0 Å². The Hall–Kier alpha value is -6.65. The van der Waals surface area contributed by atoms with Crippen molar-refractivity contribution < 1.29 is 4.42 Å². The van der Waals surface area contributed by atoms with Crippen LogP contribution in [-0.4, -0.2) is 15.0 Å². The van der Waals surface area contributed by atoms with E-state index in [-0.39, 0.29) is 0 Å². The Bertz CT molecular complexity index is 2880. The van der Waals surface area contributed by atoms with Gasteiger partial charge in [0.2, 0.25) is 0 Å². The van der Waals surface area contributed by atoms with Gasteiger partial charge in [-0.25, -0.2) is 15.0 Å². The minimum atomic E-state index is 0.603. The SMILES string of the molecule is c1ccc(-c2nc(-c3ccc(-c4ccccc4)c4ccccc34)nc(-c3cc4ccc5ccccc5c4c4oc5ccccc5c34)n2)cc1. The maximum Gasteiger partial charge on any atom is 0.164 e. The van der Waals surface area contributed by atoms with Crippen LogP contribution in [0.4, 0.5) is 0 Å². The average Bonchev–Trinajstić information content (AvgIpc) is 3.57. The number of hydrogen-bond donors (Lipinski definition) is 0. The van der Waals surface area contributed by atoms with Gasteiger partial charge >= 0.3 is 0 Å². The highest BCUT2D eigenvalue weighted by Gasteiger charge is 2.22. The largest absolute Gasteiger partial charge is 0.455 e. The van der Waals surface area contributed by atoms with Gasteiger partial charge in [-0.1, -0.05) is 146 Å². The summed E-state index contributed by atoms with van der Waals surface area (Å²) >= 11 is 0. The van der Waals surface area contributed by atoms with Crippen LogP contribution >= 0.6 is 0 Å². The van der Waals surface area contributed by atoms with Gasteiger partial charge in [0.15, 0.2) is 17.5 Å².